The Hall–Kier alpha value is -2.73. The molecule has 3 aliphatic rings. The van der Waals surface area contributed by atoms with Gasteiger partial charge in [-0.25, -0.2) is 4.98 Å². The number of aryl methyl sites for hydroxylation is 2. The molecule has 29 heavy (non-hydrogen) atoms. The van der Waals surface area contributed by atoms with Gasteiger partial charge in [-0.2, -0.15) is 11.3 Å². The quantitative estimate of drug-likeness (QED) is 0.788. The highest BCUT2D eigenvalue weighted by molar-refractivity contribution is 7.08. The van der Waals surface area contributed by atoms with E-state index in [0.29, 0.717) is 30.5 Å². The van der Waals surface area contributed by atoms with Gasteiger partial charge in [0.25, 0.3) is 0 Å². The molecule has 2 atom stereocenters. The van der Waals surface area contributed by atoms with Crippen LogP contribution in [0.3, 0.4) is 0 Å². The number of carbonyl (C=O) groups excluding carboxylic acids is 2. The molecule has 0 spiro atoms. The molecule has 1 aliphatic carbocycles. The zero-order chi connectivity index (χ0) is 20.0. The van der Waals surface area contributed by atoms with E-state index in [1.54, 1.807) is 23.6 Å². The number of nitrogens with one attached hydrogen (secondary N) is 1. The minimum absolute atomic E-state index is 0.00872. The third-order valence-corrected chi connectivity index (χ3v) is 7.05. The van der Waals surface area contributed by atoms with Gasteiger partial charge < -0.3 is 10.2 Å². The summed E-state index contributed by atoms with van der Waals surface area (Å²) in [7, 11) is 0. The van der Waals surface area contributed by atoms with Crippen molar-refractivity contribution in [3.8, 4) is 0 Å². The predicted octanol–water partition coefficient (Wildman–Crippen LogP) is 3.91. The van der Waals surface area contributed by atoms with Crippen molar-refractivity contribution in [2.45, 2.75) is 26.2 Å². The summed E-state index contributed by atoms with van der Waals surface area (Å²) in [6.45, 7) is 3.80. The molecule has 1 saturated heterocycles. The monoisotopic (exact) mass is 405 g/mol. The molecule has 2 amide bonds. The molecule has 0 radical (unpaired) electrons. The number of aromatic nitrogens is 1. The number of thiophene rings is 1. The molecule has 2 aliphatic heterocycles. The van der Waals surface area contributed by atoms with E-state index in [2.05, 4.69) is 34.1 Å². The lowest BCUT2D eigenvalue weighted by Gasteiger charge is -2.16. The van der Waals surface area contributed by atoms with Gasteiger partial charge >= 0.3 is 0 Å². The summed E-state index contributed by atoms with van der Waals surface area (Å²) in [6, 6.07) is 2.00. The molecular formula is C23H23N3O2S. The second kappa shape index (κ2) is 7.26. The number of pyridine rings is 1. The molecule has 6 heteroatoms. The third-order valence-electron chi connectivity index (χ3n) is 6.19. The Morgan fingerprint density at radius 1 is 1.31 bits per heavy atom. The summed E-state index contributed by atoms with van der Waals surface area (Å²) < 4.78 is 0. The molecule has 5 rings (SSSR count). The fourth-order valence-corrected chi connectivity index (χ4v) is 5.49. The van der Waals surface area contributed by atoms with Crippen LogP contribution in [0.25, 0.3) is 11.6 Å². The zero-order valence-corrected chi connectivity index (χ0v) is 17.2. The van der Waals surface area contributed by atoms with Crippen LogP contribution in [0.2, 0.25) is 0 Å². The largest absolute Gasteiger partial charge is 0.338 e. The van der Waals surface area contributed by atoms with Gasteiger partial charge in [-0.05, 0) is 82.3 Å². The molecule has 5 nitrogen and oxygen atoms in total. The van der Waals surface area contributed by atoms with Gasteiger partial charge in [0, 0.05) is 31.8 Å². The average Bonchev–Trinajstić information content (AvgIpc) is 3.40. The van der Waals surface area contributed by atoms with Gasteiger partial charge in [0.1, 0.15) is 5.82 Å². The second-order valence-corrected chi connectivity index (χ2v) is 8.93. The van der Waals surface area contributed by atoms with Crippen molar-refractivity contribution < 1.29 is 9.59 Å². The number of likely N-dealkylation sites (tertiary alicyclic amines) is 1. The normalized spacial score (nSPS) is 23.1. The first kappa shape index (κ1) is 18.3. The fourth-order valence-electron chi connectivity index (χ4n) is 4.62. The molecule has 0 saturated carbocycles. The lowest BCUT2D eigenvalue weighted by atomic mass is 9.98. The van der Waals surface area contributed by atoms with Gasteiger partial charge in [0.15, 0.2) is 0 Å². The van der Waals surface area contributed by atoms with Crippen LogP contribution in [-0.2, 0) is 16.0 Å². The van der Waals surface area contributed by atoms with E-state index in [9.17, 15) is 9.59 Å². The molecule has 1 N–H and O–H groups in total. The molecule has 2 aromatic rings. The maximum Gasteiger partial charge on any atom is 0.246 e. The first-order valence-electron chi connectivity index (χ1n) is 10.1. The Bertz CT molecular complexity index is 1050. The molecule has 0 bridgehead atoms. The Morgan fingerprint density at radius 3 is 3.00 bits per heavy atom. The summed E-state index contributed by atoms with van der Waals surface area (Å²) in [4.78, 5) is 30.4. The number of nitrogens with zero attached hydrogens (tertiary/aromatic N) is 2. The molecule has 0 aromatic carbocycles. The van der Waals surface area contributed by atoms with Crippen LogP contribution >= 0.6 is 11.3 Å². The standard InChI is InChI=1S/C23H23N3O2S/c1-14-12-29-13-20(14)17-7-18-10-26(11-19(18)8-17)22(28)5-2-15-6-16-3-4-21(27)25-23(16)24-9-15/h2,5-7,9,12-13,18-19H,3-4,8,10-11H2,1H3,(H,24,25,27)/b5-2+. The summed E-state index contributed by atoms with van der Waals surface area (Å²) in [6.07, 6.45) is 9.81. The Kier molecular flexibility index (Phi) is 4.59. The highest BCUT2D eigenvalue weighted by atomic mass is 32.1. The molecular weight excluding hydrogens is 382 g/mol. The number of anilines is 1. The zero-order valence-electron chi connectivity index (χ0n) is 16.4. The van der Waals surface area contributed by atoms with E-state index in [-0.39, 0.29) is 11.8 Å². The van der Waals surface area contributed by atoms with Crippen molar-refractivity contribution >= 4 is 40.6 Å². The van der Waals surface area contributed by atoms with E-state index >= 15 is 0 Å². The van der Waals surface area contributed by atoms with Gasteiger partial charge in [-0.15, -0.1) is 0 Å². The topological polar surface area (TPSA) is 62.3 Å². The van der Waals surface area contributed by atoms with Crippen molar-refractivity contribution in [2.75, 3.05) is 18.4 Å². The summed E-state index contributed by atoms with van der Waals surface area (Å²) in [5.41, 5.74) is 6.11. The number of rotatable bonds is 3. The van der Waals surface area contributed by atoms with E-state index in [1.807, 2.05) is 17.0 Å². The fraction of sp³-hybridized carbons (Fsp3) is 0.348. The second-order valence-electron chi connectivity index (χ2n) is 8.19. The number of allylic oxidation sites excluding steroid dienone is 1. The molecule has 4 heterocycles. The predicted molar refractivity (Wildman–Crippen MR) is 115 cm³/mol. The highest BCUT2D eigenvalue weighted by Gasteiger charge is 2.38. The summed E-state index contributed by atoms with van der Waals surface area (Å²) in [5.74, 6) is 1.72. The molecule has 2 aromatic heterocycles. The first-order chi connectivity index (χ1) is 14.1. The van der Waals surface area contributed by atoms with Gasteiger partial charge in [0.05, 0.1) is 0 Å². The number of fused-ring (bicyclic) bond motifs is 2. The van der Waals surface area contributed by atoms with Gasteiger partial charge in [0.2, 0.25) is 11.8 Å². The van der Waals surface area contributed by atoms with Crippen molar-refractivity contribution in [1.29, 1.82) is 0 Å². The lowest BCUT2D eigenvalue weighted by molar-refractivity contribution is -0.125. The van der Waals surface area contributed by atoms with Crippen molar-refractivity contribution in [3.63, 3.8) is 0 Å². The van der Waals surface area contributed by atoms with Crippen LogP contribution in [0.4, 0.5) is 5.82 Å². The minimum Gasteiger partial charge on any atom is -0.338 e. The Balaban J connectivity index is 1.23. The Labute approximate surface area is 174 Å². The van der Waals surface area contributed by atoms with Gasteiger partial charge in [-0.1, -0.05) is 6.08 Å². The molecule has 2 unspecified atom stereocenters. The minimum atomic E-state index is 0.00872. The van der Waals surface area contributed by atoms with Crippen LogP contribution in [0.15, 0.2) is 35.2 Å². The highest BCUT2D eigenvalue weighted by Crippen LogP contribution is 2.42. The Morgan fingerprint density at radius 2 is 2.21 bits per heavy atom. The number of hydrogen-bond acceptors (Lipinski definition) is 4. The lowest BCUT2D eigenvalue weighted by Crippen LogP contribution is -2.27. The maximum absolute atomic E-state index is 12.7. The van der Waals surface area contributed by atoms with E-state index in [4.69, 9.17) is 0 Å². The van der Waals surface area contributed by atoms with Crippen molar-refractivity contribution in [3.05, 3.63) is 57.4 Å². The van der Waals surface area contributed by atoms with Crippen LogP contribution in [-0.4, -0.2) is 34.8 Å². The first-order valence-corrected chi connectivity index (χ1v) is 11.0. The van der Waals surface area contributed by atoms with E-state index in [1.165, 1.54) is 16.7 Å². The average molecular weight is 406 g/mol. The van der Waals surface area contributed by atoms with E-state index < -0.39 is 0 Å². The van der Waals surface area contributed by atoms with Crippen molar-refractivity contribution in [2.24, 2.45) is 11.8 Å². The maximum atomic E-state index is 12.7. The van der Waals surface area contributed by atoms with Gasteiger partial charge in [-0.3, -0.25) is 9.59 Å². The van der Waals surface area contributed by atoms with Crippen LogP contribution in [0.5, 0.6) is 0 Å². The van der Waals surface area contributed by atoms with Crippen LogP contribution in [0, 0.1) is 18.8 Å². The number of hydrogen-bond donors (Lipinski definition) is 1. The smallest absolute Gasteiger partial charge is 0.246 e. The molecule has 148 valence electrons. The summed E-state index contributed by atoms with van der Waals surface area (Å²) in [5, 5.41) is 7.23. The summed E-state index contributed by atoms with van der Waals surface area (Å²) >= 11 is 1.76. The van der Waals surface area contributed by atoms with Crippen molar-refractivity contribution in [1.82, 2.24) is 9.88 Å². The van der Waals surface area contributed by atoms with Crippen LogP contribution < -0.4 is 5.32 Å². The third kappa shape index (κ3) is 3.53. The molecule has 1 fully saturated rings. The number of carbonyl (C=O) groups is 2. The number of amides is 2. The SMILES string of the molecule is Cc1cscc1C1=CC2CN(C(=O)/C=C/c3cnc4c(c3)CCC(=O)N4)CC2C1. The van der Waals surface area contributed by atoms with E-state index in [0.717, 1.165) is 30.6 Å². The van der Waals surface area contributed by atoms with Crippen LogP contribution in [0.1, 0.15) is 35.1 Å².